The molecule has 1 aromatic carbocycles. The molecule has 0 spiro atoms. The van der Waals surface area contributed by atoms with E-state index in [0.717, 1.165) is 22.4 Å². The van der Waals surface area contributed by atoms with Gasteiger partial charge in [-0.3, -0.25) is 4.98 Å². The Morgan fingerprint density at radius 2 is 2.05 bits per heavy atom. The van der Waals surface area contributed by atoms with Crippen molar-refractivity contribution in [3.05, 3.63) is 47.8 Å². The SMILES string of the molecule is Cc1cc2nc(-c3cccnc3)n(CCC#N)c2cc1C. The zero-order chi connectivity index (χ0) is 14.8. The second kappa shape index (κ2) is 5.37. The van der Waals surface area contributed by atoms with Crippen LogP contribution in [0.2, 0.25) is 0 Å². The van der Waals surface area contributed by atoms with Gasteiger partial charge in [0.2, 0.25) is 0 Å². The lowest BCUT2D eigenvalue weighted by molar-refractivity contribution is 0.744. The van der Waals surface area contributed by atoms with E-state index in [-0.39, 0.29) is 0 Å². The van der Waals surface area contributed by atoms with Crippen LogP contribution < -0.4 is 0 Å². The lowest BCUT2D eigenvalue weighted by Crippen LogP contribution is -2.00. The first-order chi connectivity index (χ1) is 10.2. The largest absolute Gasteiger partial charge is 0.323 e. The van der Waals surface area contributed by atoms with Crippen LogP contribution in [0.15, 0.2) is 36.7 Å². The Hall–Kier alpha value is -2.67. The summed E-state index contributed by atoms with van der Waals surface area (Å²) >= 11 is 0. The number of aryl methyl sites for hydroxylation is 3. The van der Waals surface area contributed by atoms with Crippen LogP contribution in [0.3, 0.4) is 0 Å². The van der Waals surface area contributed by atoms with Gasteiger partial charge < -0.3 is 4.57 Å². The molecule has 3 aromatic rings. The standard InChI is InChI=1S/C17H16N4/c1-12-9-15-16(10-13(12)2)21(8-4-6-18)17(20-15)14-5-3-7-19-11-14/h3,5,7,9-11H,4,8H2,1-2H3. The maximum Gasteiger partial charge on any atom is 0.142 e. The first kappa shape index (κ1) is 13.3. The summed E-state index contributed by atoms with van der Waals surface area (Å²) in [5, 5.41) is 8.90. The van der Waals surface area contributed by atoms with E-state index < -0.39 is 0 Å². The molecular formula is C17H16N4. The van der Waals surface area contributed by atoms with Gasteiger partial charge >= 0.3 is 0 Å². The molecule has 0 amide bonds. The van der Waals surface area contributed by atoms with Crippen molar-refractivity contribution in [3.63, 3.8) is 0 Å². The number of nitrogens with zero attached hydrogens (tertiary/aromatic N) is 4. The Bertz CT molecular complexity index is 825. The van der Waals surface area contributed by atoms with Crippen molar-refractivity contribution in [2.75, 3.05) is 0 Å². The molecule has 0 atom stereocenters. The van der Waals surface area contributed by atoms with Gasteiger partial charge in [0, 0.05) is 24.5 Å². The number of hydrogen-bond donors (Lipinski definition) is 0. The van der Waals surface area contributed by atoms with E-state index in [0.29, 0.717) is 13.0 Å². The quantitative estimate of drug-likeness (QED) is 0.734. The highest BCUT2D eigenvalue weighted by Crippen LogP contribution is 2.26. The topological polar surface area (TPSA) is 54.5 Å². The van der Waals surface area contributed by atoms with E-state index in [1.165, 1.54) is 11.1 Å². The summed E-state index contributed by atoms with van der Waals surface area (Å²) < 4.78 is 2.11. The van der Waals surface area contributed by atoms with Gasteiger partial charge in [0.05, 0.1) is 23.5 Å². The predicted octanol–water partition coefficient (Wildman–Crippen LogP) is 3.63. The molecule has 3 rings (SSSR count). The molecule has 0 N–H and O–H groups in total. The molecule has 0 bridgehead atoms. The fourth-order valence-electron chi connectivity index (χ4n) is 2.48. The first-order valence-corrected chi connectivity index (χ1v) is 6.95. The maximum absolute atomic E-state index is 8.90. The number of nitriles is 1. The summed E-state index contributed by atoms with van der Waals surface area (Å²) in [5.74, 6) is 0.873. The van der Waals surface area contributed by atoms with E-state index >= 15 is 0 Å². The first-order valence-electron chi connectivity index (χ1n) is 6.95. The average Bonchev–Trinajstić information content (AvgIpc) is 2.84. The van der Waals surface area contributed by atoms with Crippen molar-refractivity contribution >= 4 is 11.0 Å². The van der Waals surface area contributed by atoms with E-state index in [4.69, 9.17) is 10.2 Å². The minimum Gasteiger partial charge on any atom is -0.323 e. The van der Waals surface area contributed by atoms with Crippen LogP contribution in [-0.4, -0.2) is 14.5 Å². The Morgan fingerprint density at radius 3 is 2.76 bits per heavy atom. The lowest BCUT2D eigenvalue weighted by atomic mass is 10.1. The van der Waals surface area contributed by atoms with Gasteiger partial charge in [-0.1, -0.05) is 0 Å². The summed E-state index contributed by atoms with van der Waals surface area (Å²) in [4.78, 5) is 8.92. The minimum absolute atomic E-state index is 0.464. The molecule has 0 radical (unpaired) electrons. The third kappa shape index (κ3) is 2.38. The zero-order valence-corrected chi connectivity index (χ0v) is 12.2. The minimum atomic E-state index is 0.464. The summed E-state index contributed by atoms with van der Waals surface area (Å²) in [6, 6.07) is 10.4. The third-order valence-electron chi connectivity index (χ3n) is 3.73. The van der Waals surface area contributed by atoms with Crippen molar-refractivity contribution in [1.29, 1.82) is 5.26 Å². The second-order valence-electron chi connectivity index (χ2n) is 5.16. The lowest BCUT2D eigenvalue weighted by Gasteiger charge is -2.07. The number of hydrogen-bond acceptors (Lipinski definition) is 3. The van der Waals surface area contributed by atoms with Gasteiger partial charge in [-0.2, -0.15) is 5.26 Å². The molecule has 21 heavy (non-hydrogen) atoms. The average molecular weight is 276 g/mol. The zero-order valence-electron chi connectivity index (χ0n) is 12.2. The Morgan fingerprint density at radius 1 is 1.24 bits per heavy atom. The van der Waals surface area contributed by atoms with Gasteiger partial charge in [-0.15, -0.1) is 0 Å². The van der Waals surface area contributed by atoms with Gasteiger partial charge in [0.1, 0.15) is 5.82 Å². The number of imidazole rings is 1. The summed E-state index contributed by atoms with van der Waals surface area (Å²) in [6.45, 7) is 4.83. The van der Waals surface area contributed by atoms with Gasteiger partial charge in [-0.25, -0.2) is 4.98 Å². The molecule has 0 saturated heterocycles. The number of fused-ring (bicyclic) bond motifs is 1. The predicted molar refractivity (Wildman–Crippen MR) is 82.7 cm³/mol. The van der Waals surface area contributed by atoms with E-state index in [1.54, 1.807) is 6.20 Å². The van der Waals surface area contributed by atoms with Gasteiger partial charge in [0.25, 0.3) is 0 Å². The molecule has 0 saturated carbocycles. The van der Waals surface area contributed by atoms with Crippen LogP contribution in [0.1, 0.15) is 17.5 Å². The van der Waals surface area contributed by atoms with Gasteiger partial charge in [0.15, 0.2) is 0 Å². The molecule has 0 aliphatic rings. The van der Waals surface area contributed by atoms with Gasteiger partial charge in [-0.05, 0) is 49.2 Å². The molecule has 0 fully saturated rings. The van der Waals surface area contributed by atoms with E-state index in [9.17, 15) is 0 Å². The monoisotopic (exact) mass is 276 g/mol. The molecule has 2 aromatic heterocycles. The fourth-order valence-corrected chi connectivity index (χ4v) is 2.48. The highest BCUT2D eigenvalue weighted by molar-refractivity contribution is 5.82. The molecule has 2 heterocycles. The maximum atomic E-state index is 8.90. The van der Waals surface area contributed by atoms with Crippen LogP contribution in [0.25, 0.3) is 22.4 Å². The molecule has 4 heteroatoms. The normalized spacial score (nSPS) is 10.7. The number of rotatable bonds is 3. The number of aromatic nitrogens is 3. The molecule has 104 valence electrons. The molecular weight excluding hydrogens is 260 g/mol. The van der Waals surface area contributed by atoms with Crippen molar-refractivity contribution in [2.45, 2.75) is 26.8 Å². The van der Waals surface area contributed by atoms with Crippen molar-refractivity contribution in [3.8, 4) is 17.5 Å². The Kier molecular flexibility index (Phi) is 3.41. The van der Waals surface area contributed by atoms with Crippen LogP contribution >= 0.6 is 0 Å². The second-order valence-corrected chi connectivity index (χ2v) is 5.16. The van der Waals surface area contributed by atoms with E-state index in [2.05, 4.69) is 41.6 Å². The van der Waals surface area contributed by atoms with Crippen molar-refractivity contribution < 1.29 is 0 Å². The highest BCUT2D eigenvalue weighted by Gasteiger charge is 2.13. The van der Waals surface area contributed by atoms with Crippen LogP contribution in [0.4, 0.5) is 0 Å². The smallest absolute Gasteiger partial charge is 0.142 e. The highest BCUT2D eigenvalue weighted by atomic mass is 15.1. The molecule has 0 unspecified atom stereocenters. The number of benzene rings is 1. The van der Waals surface area contributed by atoms with Crippen molar-refractivity contribution in [2.24, 2.45) is 0 Å². The fraction of sp³-hybridized carbons (Fsp3) is 0.235. The third-order valence-corrected chi connectivity index (χ3v) is 3.73. The van der Waals surface area contributed by atoms with Crippen LogP contribution in [-0.2, 0) is 6.54 Å². The van der Waals surface area contributed by atoms with Crippen LogP contribution in [0, 0.1) is 25.2 Å². The summed E-state index contributed by atoms with van der Waals surface area (Å²) in [6.07, 6.45) is 4.02. The van der Waals surface area contributed by atoms with E-state index in [1.807, 2.05) is 18.3 Å². The summed E-state index contributed by atoms with van der Waals surface area (Å²) in [5.41, 5.74) is 5.48. The number of pyridine rings is 1. The van der Waals surface area contributed by atoms with Crippen LogP contribution in [0.5, 0.6) is 0 Å². The Balaban J connectivity index is 2.25. The summed E-state index contributed by atoms with van der Waals surface area (Å²) in [7, 11) is 0. The van der Waals surface area contributed by atoms with Crippen molar-refractivity contribution in [1.82, 2.24) is 14.5 Å². The Labute approximate surface area is 123 Å². The molecule has 0 aliphatic heterocycles. The molecule has 4 nitrogen and oxygen atoms in total. The molecule has 0 aliphatic carbocycles.